The van der Waals surface area contributed by atoms with Crippen molar-refractivity contribution in [1.82, 2.24) is 10.3 Å². The quantitative estimate of drug-likeness (QED) is 0.850. The van der Waals surface area contributed by atoms with Crippen LogP contribution in [0.4, 0.5) is 0 Å². The number of aryl methyl sites for hydroxylation is 1. The normalized spacial score (nSPS) is 21.6. The van der Waals surface area contributed by atoms with Gasteiger partial charge < -0.3 is 10.1 Å². The number of nitrogens with zero attached hydrogens (tertiary/aromatic N) is 1. The Bertz CT molecular complexity index is 348. The molecule has 2 unspecified atom stereocenters. The summed E-state index contributed by atoms with van der Waals surface area (Å²) >= 11 is 0. The van der Waals surface area contributed by atoms with Crippen LogP contribution in [-0.2, 0) is 4.74 Å². The Labute approximate surface area is 104 Å². The minimum absolute atomic E-state index is 0.416. The summed E-state index contributed by atoms with van der Waals surface area (Å²) in [5, 5.41) is 3.56. The molecule has 0 aromatic carbocycles. The van der Waals surface area contributed by atoms with Crippen LogP contribution in [-0.4, -0.2) is 24.7 Å². The summed E-state index contributed by atoms with van der Waals surface area (Å²) in [6.45, 7) is 7.09. The van der Waals surface area contributed by atoms with Crippen LogP contribution in [0.1, 0.15) is 36.9 Å². The molecule has 1 saturated heterocycles. The third-order valence-corrected chi connectivity index (χ3v) is 3.34. The molecular weight excluding hydrogens is 212 g/mol. The van der Waals surface area contributed by atoms with E-state index in [-0.39, 0.29) is 0 Å². The second-order valence-corrected chi connectivity index (χ2v) is 4.87. The number of hydrogen-bond donors (Lipinski definition) is 1. The molecule has 0 amide bonds. The van der Waals surface area contributed by atoms with Gasteiger partial charge in [0.15, 0.2) is 0 Å². The zero-order valence-electron chi connectivity index (χ0n) is 10.8. The maximum Gasteiger partial charge on any atom is 0.0495 e. The summed E-state index contributed by atoms with van der Waals surface area (Å²) in [6.07, 6.45) is 6.24. The number of hydrogen-bond acceptors (Lipinski definition) is 3. The van der Waals surface area contributed by atoms with Gasteiger partial charge in [0.25, 0.3) is 0 Å². The molecule has 1 fully saturated rings. The Hall–Kier alpha value is -0.930. The highest BCUT2D eigenvalue weighted by molar-refractivity contribution is 5.20. The number of aromatic nitrogens is 1. The Balaban J connectivity index is 2.04. The summed E-state index contributed by atoms with van der Waals surface area (Å²) in [7, 11) is 0. The molecule has 1 aromatic heterocycles. The van der Waals surface area contributed by atoms with E-state index in [2.05, 4.69) is 30.2 Å². The highest BCUT2D eigenvalue weighted by atomic mass is 16.5. The third-order valence-electron chi connectivity index (χ3n) is 3.34. The van der Waals surface area contributed by atoms with Gasteiger partial charge in [-0.1, -0.05) is 13.0 Å². The van der Waals surface area contributed by atoms with E-state index in [4.69, 9.17) is 4.74 Å². The van der Waals surface area contributed by atoms with Gasteiger partial charge in [-0.15, -0.1) is 0 Å². The summed E-state index contributed by atoms with van der Waals surface area (Å²) in [4.78, 5) is 4.29. The first-order chi connectivity index (χ1) is 8.29. The van der Waals surface area contributed by atoms with Crippen molar-refractivity contribution < 1.29 is 4.74 Å². The van der Waals surface area contributed by atoms with E-state index >= 15 is 0 Å². The smallest absolute Gasteiger partial charge is 0.0495 e. The molecule has 1 aliphatic rings. The van der Waals surface area contributed by atoms with Gasteiger partial charge in [-0.05, 0) is 43.4 Å². The Morgan fingerprint density at radius 3 is 3.06 bits per heavy atom. The Morgan fingerprint density at radius 2 is 2.41 bits per heavy atom. The lowest BCUT2D eigenvalue weighted by Gasteiger charge is -2.21. The minimum atomic E-state index is 0.416. The van der Waals surface area contributed by atoms with Crippen molar-refractivity contribution in [3.63, 3.8) is 0 Å². The van der Waals surface area contributed by atoms with Gasteiger partial charge in [-0.25, -0.2) is 0 Å². The molecule has 3 nitrogen and oxygen atoms in total. The second-order valence-electron chi connectivity index (χ2n) is 4.87. The van der Waals surface area contributed by atoms with Gasteiger partial charge in [-0.2, -0.15) is 0 Å². The average molecular weight is 234 g/mol. The van der Waals surface area contributed by atoms with Crippen LogP contribution in [0.15, 0.2) is 18.5 Å². The van der Waals surface area contributed by atoms with Crippen LogP contribution in [0.2, 0.25) is 0 Å². The van der Waals surface area contributed by atoms with E-state index in [0.717, 1.165) is 26.2 Å². The van der Waals surface area contributed by atoms with Crippen molar-refractivity contribution in [1.29, 1.82) is 0 Å². The molecule has 0 aliphatic carbocycles. The van der Waals surface area contributed by atoms with E-state index in [9.17, 15) is 0 Å². The summed E-state index contributed by atoms with van der Waals surface area (Å²) in [5.41, 5.74) is 2.53. The lowest BCUT2D eigenvalue weighted by Crippen LogP contribution is -2.24. The van der Waals surface area contributed by atoms with Crippen LogP contribution < -0.4 is 5.32 Å². The third kappa shape index (κ3) is 3.51. The van der Waals surface area contributed by atoms with Gasteiger partial charge in [0.1, 0.15) is 0 Å². The van der Waals surface area contributed by atoms with E-state index in [1.54, 1.807) is 0 Å². The van der Waals surface area contributed by atoms with Gasteiger partial charge in [0.05, 0.1) is 0 Å². The predicted octanol–water partition coefficient (Wildman–Crippen LogP) is 2.47. The molecule has 2 heterocycles. The summed E-state index contributed by atoms with van der Waals surface area (Å²) < 4.78 is 5.45. The molecule has 0 bridgehead atoms. The molecule has 1 N–H and O–H groups in total. The van der Waals surface area contributed by atoms with Crippen molar-refractivity contribution in [2.75, 3.05) is 19.8 Å². The van der Waals surface area contributed by atoms with Crippen molar-refractivity contribution in [3.8, 4) is 0 Å². The van der Waals surface area contributed by atoms with Gasteiger partial charge in [0, 0.05) is 31.6 Å². The fraction of sp³-hybridized carbons (Fsp3) is 0.643. The van der Waals surface area contributed by atoms with Crippen LogP contribution >= 0.6 is 0 Å². The largest absolute Gasteiger partial charge is 0.381 e. The second kappa shape index (κ2) is 6.12. The first kappa shape index (κ1) is 12.5. The first-order valence-electron chi connectivity index (χ1n) is 6.52. The van der Waals surface area contributed by atoms with E-state index in [1.165, 1.54) is 17.5 Å². The van der Waals surface area contributed by atoms with Crippen molar-refractivity contribution >= 4 is 0 Å². The fourth-order valence-corrected chi connectivity index (χ4v) is 2.46. The van der Waals surface area contributed by atoms with Crippen LogP contribution in [0.3, 0.4) is 0 Å². The number of rotatable bonds is 5. The molecule has 3 heteroatoms. The van der Waals surface area contributed by atoms with E-state index in [1.807, 2.05) is 12.4 Å². The van der Waals surface area contributed by atoms with E-state index < -0.39 is 0 Å². The maximum atomic E-state index is 5.45. The Morgan fingerprint density at radius 1 is 1.53 bits per heavy atom. The first-order valence-corrected chi connectivity index (χ1v) is 6.52. The molecule has 17 heavy (non-hydrogen) atoms. The van der Waals surface area contributed by atoms with E-state index in [0.29, 0.717) is 12.0 Å². The maximum absolute atomic E-state index is 5.45. The fourth-order valence-electron chi connectivity index (χ4n) is 2.46. The zero-order valence-corrected chi connectivity index (χ0v) is 10.8. The highest BCUT2D eigenvalue weighted by Gasteiger charge is 2.21. The van der Waals surface area contributed by atoms with Crippen LogP contribution in [0.25, 0.3) is 0 Å². The van der Waals surface area contributed by atoms with Crippen molar-refractivity contribution in [3.05, 3.63) is 29.6 Å². The lowest BCUT2D eigenvalue weighted by molar-refractivity contribution is 0.181. The summed E-state index contributed by atoms with van der Waals surface area (Å²) in [6, 6.07) is 2.65. The van der Waals surface area contributed by atoms with Crippen LogP contribution in [0.5, 0.6) is 0 Å². The van der Waals surface area contributed by atoms with Gasteiger partial charge >= 0.3 is 0 Å². The molecule has 0 spiro atoms. The molecule has 1 aliphatic heterocycles. The molecule has 0 radical (unpaired) electrons. The van der Waals surface area contributed by atoms with Crippen molar-refractivity contribution in [2.24, 2.45) is 5.92 Å². The van der Waals surface area contributed by atoms with Crippen LogP contribution in [0, 0.1) is 12.8 Å². The molecule has 2 atom stereocenters. The lowest BCUT2D eigenvalue weighted by atomic mass is 9.94. The monoisotopic (exact) mass is 234 g/mol. The van der Waals surface area contributed by atoms with Gasteiger partial charge in [-0.3, -0.25) is 4.98 Å². The number of nitrogens with one attached hydrogen (secondary N) is 1. The average Bonchev–Trinajstić information content (AvgIpc) is 2.81. The number of ether oxygens (including phenoxy) is 1. The highest BCUT2D eigenvalue weighted by Crippen LogP contribution is 2.26. The van der Waals surface area contributed by atoms with Crippen molar-refractivity contribution in [2.45, 2.75) is 32.7 Å². The van der Waals surface area contributed by atoms with Gasteiger partial charge in [0.2, 0.25) is 0 Å². The zero-order chi connectivity index (χ0) is 12.1. The summed E-state index contributed by atoms with van der Waals surface area (Å²) in [5.74, 6) is 0.694. The Kier molecular flexibility index (Phi) is 4.51. The molecule has 94 valence electrons. The minimum Gasteiger partial charge on any atom is -0.381 e. The SMILES string of the molecule is CCNC(CC1CCOC1)c1cncc(C)c1. The number of pyridine rings is 1. The molecular formula is C14H22N2O. The predicted molar refractivity (Wildman–Crippen MR) is 68.9 cm³/mol. The molecule has 1 aromatic rings. The standard InChI is InChI=1S/C14H22N2O/c1-3-16-14(7-12-4-5-17-10-12)13-6-11(2)8-15-9-13/h6,8-9,12,14,16H,3-5,7,10H2,1-2H3. The molecule has 0 saturated carbocycles. The molecule has 2 rings (SSSR count). The topological polar surface area (TPSA) is 34.1 Å².